The molecule has 0 spiro atoms. The fraction of sp³-hybridized carbons (Fsp3) is 0.889. The Hall–Kier alpha value is -0.570. The van der Waals surface area contributed by atoms with Crippen LogP contribution in [0, 0.1) is 0 Å². The molecule has 0 radical (unpaired) electrons. The molecule has 0 aromatic heterocycles. The quantitative estimate of drug-likeness (QED) is 0.217. The van der Waals surface area contributed by atoms with Crippen LogP contribution in [0.25, 0.3) is 0 Å². The summed E-state index contributed by atoms with van der Waals surface area (Å²) in [4.78, 5) is 21.9. The van der Waals surface area contributed by atoms with Crippen LogP contribution in [-0.4, -0.2) is 17.3 Å². The van der Waals surface area contributed by atoms with Crippen LogP contribution < -0.4 is 0 Å². The lowest BCUT2D eigenvalue weighted by molar-refractivity contribution is -0.150. The van der Waals surface area contributed by atoms with Crippen molar-refractivity contribution in [2.24, 2.45) is 0 Å². The molecule has 0 aromatic rings. The zero-order chi connectivity index (χ0) is 16.6. The summed E-state index contributed by atoms with van der Waals surface area (Å²) in [6.45, 7) is 3.55. The van der Waals surface area contributed by atoms with Gasteiger partial charge in [0.2, 0.25) is 0 Å². The largest absolute Gasteiger partial charge is 0.453 e. The van der Waals surface area contributed by atoms with Gasteiger partial charge in [0, 0.05) is 6.92 Å². The average molecular weight is 333 g/mol. The monoisotopic (exact) mass is 332 g/mol. The Morgan fingerprint density at radius 3 is 1.59 bits per heavy atom. The van der Waals surface area contributed by atoms with Gasteiger partial charge in [-0.25, -0.2) is 0 Å². The molecule has 0 rings (SSSR count). The van der Waals surface area contributed by atoms with Gasteiger partial charge in [-0.2, -0.15) is 0 Å². The molecule has 0 aromatic carbocycles. The SMILES string of the molecule is CCCCCCCCCCCCCCC(OC(C)=O)C(=O)Cl. The Balaban J connectivity index is 3.35. The Morgan fingerprint density at radius 2 is 1.23 bits per heavy atom. The summed E-state index contributed by atoms with van der Waals surface area (Å²) in [5.41, 5.74) is 0. The average Bonchev–Trinajstić information content (AvgIpc) is 2.46. The Bertz CT molecular complexity index is 292. The van der Waals surface area contributed by atoms with Crippen molar-refractivity contribution in [1.82, 2.24) is 0 Å². The van der Waals surface area contributed by atoms with E-state index >= 15 is 0 Å². The van der Waals surface area contributed by atoms with E-state index in [4.69, 9.17) is 16.3 Å². The fourth-order valence-electron chi connectivity index (χ4n) is 2.59. The summed E-state index contributed by atoms with van der Waals surface area (Å²) in [6.07, 6.45) is 15.0. The summed E-state index contributed by atoms with van der Waals surface area (Å²) in [5.74, 6) is -0.446. The lowest BCUT2D eigenvalue weighted by atomic mass is 10.0. The summed E-state index contributed by atoms with van der Waals surface area (Å²) in [7, 11) is 0. The molecule has 4 heteroatoms. The van der Waals surface area contributed by atoms with Gasteiger partial charge in [-0.05, 0) is 24.4 Å². The van der Waals surface area contributed by atoms with E-state index in [9.17, 15) is 9.59 Å². The van der Waals surface area contributed by atoms with Crippen LogP contribution in [0.15, 0.2) is 0 Å². The highest BCUT2D eigenvalue weighted by Crippen LogP contribution is 2.14. The second-order valence-electron chi connectivity index (χ2n) is 6.08. The van der Waals surface area contributed by atoms with Crippen molar-refractivity contribution >= 4 is 22.8 Å². The molecular formula is C18H33ClO3. The molecule has 0 aliphatic rings. The van der Waals surface area contributed by atoms with Crippen molar-refractivity contribution in [1.29, 1.82) is 0 Å². The van der Waals surface area contributed by atoms with E-state index in [-0.39, 0.29) is 0 Å². The van der Waals surface area contributed by atoms with Crippen LogP contribution in [0.5, 0.6) is 0 Å². The van der Waals surface area contributed by atoms with Crippen LogP contribution >= 0.6 is 11.6 Å². The van der Waals surface area contributed by atoms with Gasteiger partial charge < -0.3 is 4.74 Å². The van der Waals surface area contributed by atoms with Gasteiger partial charge in [-0.1, -0.05) is 77.6 Å². The minimum Gasteiger partial charge on any atom is -0.453 e. The lowest BCUT2D eigenvalue weighted by Gasteiger charge is -2.12. The molecule has 1 atom stereocenters. The van der Waals surface area contributed by atoms with E-state index < -0.39 is 17.3 Å². The number of hydrogen-bond acceptors (Lipinski definition) is 3. The topological polar surface area (TPSA) is 43.4 Å². The van der Waals surface area contributed by atoms with E-state index in [2.05, 4.69) is 6.92 Å². The summed E-state index contributed by atoms with van der Waals surface area (Å²) < 4.78 is 4.89. The van der Waals surface area contributed by atoms with Crippen LogP contribution in [0.3, 0.4) is 0 Å². The van der Waals surface area contributed by atoms with E-state index in [1.807, 2.05) is 0 Å². The molecule has 0 bridgehead atoms. The Labute approximate surface area is 141 Å². The number of rotatable bonds is 15. The molecule has 0 N–H and O–H groups in total. The highest BCUT2D eigenvalue weighted by molar-refractivity contribution is 6.64. The summed E-state index contributed by atoms with van der Waals surface area (Å²) >= 11 is 5.41. The normalized spacial score (nSPS) is 12.1. The number of ether oxygens (including phenoxy) is 1. The number of esters is 1. The molecule has 0 amide bonds. The maximum absolute atomic E-state index is 11.1. The standard InChI is InChI=1S/C18H33ClO3/c1-3-4-5-6-7-8-9-10-11-12-13-14-15-17(18(19)21)22-16(2)20/h17H,3-15H2,1-2H3. The van der Waals surface area contributed by atoms with Crippen molar-refractivity contribution < 1.29 is 14.3 Å². The van der Waals surface area contributed by atoms with Gasteiger partial charge in [-0.15, -0.1) is 0 Å². The maximum atomic E-state index is 11.1. The van der Waals surface area contributed by atoms with Gasteiger partial charge in [0.1, 0.15) is 0 Å². The van der Waals surface area contributed by atoms with Gasteiger partial charge in [0.25, 0.3) is 5.24 Å². The van der Waals surface area contributed by atoms with Crippen LogP contribution in [0.4, 0.5) is 0 Å². The number of carbonyl (C=O) groups is 2. The summed E-state index contributed by atoms with van der Waals surface area (Å²) in [6, 6.07) is 0. The zero-order valence-electron chi connectivity index (χ0n) is 14.4. The zero-order valence-corrected chi connectivity index (χ0v) is 15.1. The third kappa shape index (κ3) is 14.4. The predicted octanol–water partition coefficient (Wildman–Crippen LogP) is 5.77. The minimum absolute atomic E-state index is 0.446. The fourth-order valence-corrected chi connectivity index (χ4v) is 2.74. The minimum atomic E-state index is -0.762. The van der Waals surface area contributed by atoms with E-state index in [0.717, 1.165) is 12.8 Å². The first-order chi connectivity index (χ1) is 10.6. The molecule has 0 saturated carbocycles. The van der Waals surface area contributed by atoms with E-state index in [1.165, 1.54) is 71.1 Å². The Morgan fingerprint density at radius 1 is 0.818 bits per heavy atom. The molecule has 0 heterocycles. The molecule has 130 valence electrons. The molecule has 0 aliphatic carbocycles. The number of unbranched alkanes of at least 4 members (excludes halogenated alkanes) is 11. The number of carbonyl (C=O) groups excluding carboxylic acids is 2. The number of halogens is 1. The third-order valence-electron chi connectivity index (χ3n) is 3.88. The van der Waals surface area contributed by atoms with Gasteiger partial charge in [0.15, 0.2) is 6.10 Å². The van der Waals surface area contributed by atoms with Crippen LogP contribution in [0.1, 0.15) is 97.3 Å². The maximum Gasteiger partial charge on any atom is 0.303 e. The molecule has 0 fully saturated rings. The first kappa shape index (κ1) is 21.4. The lowest BCUT2D eigenvalue weighted by Crippen LogP contribution is -2.22. The third-order valence-corrected chi connectivity index (χ3v) is 4.12. The number of hydrogen-bond donors (Lipinski definition) is 0. The molecule has 22 heavy (non-hydrogen) atoms. The van der Waals surface area contributed by atoms with Gasteiger partial charge in [-0.3, -0.25) is 9.59 Å². The van der Waals surface area contributed by atoms with Crippen molar-refractivity contribution in [2.75, 3.05) is 0 Å². The highest BCUT2D eigenvalue weighted by Gasteiger charge is 2.18. The van der Waals surface area contributed by atoms with Gasteiger partial charge >= 0.3 is 5.97 Å². The first-order valence-electron chi connectivity index (χ1n) is 8.94. The highest BCUT2D eigenvalue weighted by atomic mass is 35.5. The van der Waals surface area contributed by atoms with Crippen molar-refractivity contribution in [2.45, 2.75) is 103 Å². The van der Waals surface area contributed by atoms with E-state index in [0.29, 0.717) is 6.42 Å². The molecule has 0 saturated heterocycles. The van der Waals surface area contributed by atoms with Crippen LogP contribution in [0.2, 0.25) is 0 Å². The summed E-state index contributed by atoms with van der Waals surface area (Å²) in [5, 5.41) is -0.571. The first-order valence-corrected chi connectivity index (χ1v) is 9.32. The van der Waals surface area contributed by atoms with E-state index in [1.54, 1.807) is 0 Å². The second-order valence-corrected chi connectivity index (χ2v) is 6.45. The smallest absolute Gasteiger partial charge is 0.303 e. The Kier molecular flexibility index (Phi) is 14.9. The molecule has 3 nitrogen and oxygen atoms in total. The van der Waals surface area contributed by atoms with Crippen molar-refractivity contribution in [3.05, 3.63) is 0 Å². The van der Waals surface area contributed by atoms with Gasteiger partial charge in [0.05, 0.1) is 0 Å². The second kappa shape index (κ2) is 15.3. The van der Waals surface area contributed by atoms with Crippen molar-refractivity contribution in [3.63, 3.8) is 0 Å². The molecule has 1 unspecified atom stereocenters. The predicted molar refractivity (Wildman–Crippen MR) is 92.1 cm³/mol. The molecular weight excluding hydrogens is 300 g/mol. The van der Waals surface area contributed by atoms with Crippen molar-refractivity contribution in [3.8, 4) is 0 Å². The molecule has 0 aliphatic heterocycles. The van der Waals surface area contributed by atoms with Crippen LogP contribution in [-0.2, 0) is 14.3 Å².